The maximum absolute atomic E-state index is 11.9. The normalized spacial score (nSPS) is 20.7. The third kappa shape index (κ3) is 4.91. The van der Waals surface area contributed by atoms with E-state index in [1.165, 1.54) is 12.2 Å². The molecule has 1 aliphatic carbocycles. The number of carboxylic acids is 1. The third-order valence-corrected chi connectivity index (χ3v) is 4.77. The largest absolute Gasteiger partial charge is 0.480 e. The number of carbonyl (C=O) groups is 2. The predicted octanol–water partition coefficient (Wildman–Crippen LogP) is -0.118. The van der Waals surface area contributed by atoms with Gasteiger partial charge in [0.25, 0.3) is 0 Å². The second-order valence-corrected chi connectivity index (χ2v) is 7.21. The standard InChI is InChI=1S/C10H13IN2O5S/c11-6-1-3-7(4-2-6)19(17,18)13-8(10(15)16)5-9(12)14/h1,3-4,6,8,13H,2,5H2,(H2,12,14)(H,15,16)/t6?,8-/m1/s1. The van der Waals surface area contributed by atoms with Crippen molar-refractivity contribution in [1.29, 1.82) is 0 Å². The Labute approximate surface area is 124 Å². The monoisotopic (exact) mass is 400 g/mol. The average molecular weight is 400 g/mol. The Morgan fingerprint density at radius 3 is 2.63 bits per heavy atom. The highest BCUT2D eigenvalue weighted by Gasteiger charge is 2.28. The number of hydrogen-bond donors (Lipinski definition) is 3. The van der Waals surface area contributed by atoms with Crippen LogP contribution in [0.25, 0.3) is 0 Å². The summed E-state index contributed by atoms with van der Waals surface area (Å²) >= 11 is 2.15. The molecule has 0 saturated carbocycles. The van der Waals surface area contributed by atoms with Gasteiger partial charge in [-0.3, -0.25) is 9.59 Å². The molecule has 0 bridgehead atoms. The highest BCUT2D eigenvalue weighted by Crippen LogP contribution is 2.20. The van der Waals surface area contributed by atoms with E-state index in [1.807, 2.05) is 4.72 Å². The molecule has 0 heterocycles. The minimum atomic E-state index is -3.96. The molecule has 19 heavy (non-hydrogen) atoms. The quantitative estimate of drug-likeness (QED) is 0.423. The molecule has 0 aromatic heterocycles. The molecule has 0 spiro atoms. The number of nitrogens with one attached hydrogen (secondary N) is 1. The Morgan fingerprint density at radius 1 is 1.58 bits per heavy atom. The number of allylic oxidation sites excluding steroid dienone is 3. The van der Waals surface area contributed by atoms with Crippen molar-refractivity contribution in [3.8, 4) is 0 Å². The first-order chi connectivity index (χ1) is 8.72. The molecule has 1 amide bonds. The summed E-state index contributed by atoms with van der Waals surface area (Å²) in [7, 11) is -3.96. The fraction of sp³-hybridized carbons (Fsp3) is 0.400. The van der Waals surface area contributed by atoms with Crippen LogP contribution in [0, 0.1) is 0 Å². The van der Waals surface area contributed by atoms with Gasteiger partial charge in [0.1, 0.15) is 6.04 Å². The summed E-state index contributed by atoms with van der Waals surface area (Å²) in [5.41, 5.74) is 4.88. The van der Waals surface area contributed by atoms with E-state index in [-0.39, 0.29) is 8.83 Å². The number of primary amides is 1. The topological polar surface area (TPSA) is 127 Å². The molecule has 1 unspecified atom stereocenters. The zero-order valence-electron chi connectivity index (χ0n) is 9.74. The first-order valence-electron chi connectivity index (χ1n) is 5.28. The van der Waals surface area contributed by atoms with Gasteiger partial charge in [0, 0.05) is 3.92 Å². The summed E-state index contributed by atoms with van der Waals surface area (Å²) in [4.78, 5) is 21.6. The van der Waals surface area contributed by atoms with Crippen molar-refractivity contribution in [2.24, 2.45) is 5.73 Å². The Morgan fingerprint density at radius 2 is 2.21 bits per heavy atom. The minimum Gasteiger partial charge on any atom is -0.480 e. The summed E-state index contributed by atoms with van der Waals surface area (Å²) in [6, 6.07) is -1.56. The predicted molar refractivity (Wildman–Crippen MR) is 76.9 cm³/mol. The fourth-order valence-corrected chi connectivity index (χ4v) is 3.14. The van der Waals surface area contributed by atoms with Crippen LogP contribution in [0.5, 0.6) is 0 Å². The van der Waals surface area contributed by atoms with E-state index >= 15 is 0 Å². The van der Waals surface area contributed by atoms with Gasteiger partial charge in [-0.1, -0.05) is 34.7 Å². The lowest BCUT2D eigenvalue weighted by molar-refractivity contribution is -0.140. The van der Waals surface area contributed by atoms with E-state index in [4.69, 9.17) is 10.8 Å². The molecule has 0 saturated heterocycles. The van der Waals surface area contributed by atoms with Crippen molar-refractivity contribution in [3.63, 3.8) is 0 Å². The van der Waals surface area contributed by atoms with E-state index in [2.05, 4.69) is 22.6 Å². The van der Waals surface area contributed by atoms with Crippen LogP contribution in [-0.4, -0.2) is 35.4 Å². The van der Waals surface area contributed by atoms with Crippen molar-refractivity contribution >= 4 is 44.5 Å². The lowest BCUT2D eigenvalue weighted by atomic mass is 10.2. The molecule has 0 radical (unpaired) electrons. The maximum atomic E-state index is 11.9. The number of nitrogens with two attached hydrogens (primary N) is 1. The zero-order valence-corrected chi connectivity index (χ0v) is 12.7. The van der Waals surface area contributed by atoms with Gasteiger partial charge in [-0.05, 0) is 12.5 Å². The molecule has 1 aliphatic rings. The van der Waals surface area contributed by atoms with E-state index in [1.54, 1.807) is 6.08 Å². The molecule has 7 nitrogen and oxygen atoms in total. The molecule has 9 heteroatoms. The van der Waals surface area contributed by atoms with Crippen LogP contribution in [0.3, 0.4) is 0 Å². The van der Waals surface area contributed by atoms with Crippen molar-refractivity contribution in [3.05, 3.63) is 23.1 Å². The molecule has 0 aliphatic heterocycles. The summed E-state index contributed by atoms with van der Waals surface area (Å²) in [5.74, 6) is -2.34. The van der Waals surface area contributed by atoms with Gasteiger partial charge in [0.15, 0.2) is 0 Å². The first-order valence-corrected chi connectivity index (χ1v) is 8.01. The third-order valence-electron chi connectivity index (χ3n) is 2.32. The second kappa shape index (κ2) is 6.48. The number of aliphatic carboxylic acids is 1. The highest BCUT2D eigenvalue weighted by atomic mass is 127. The summed E-state index contributed by atoms with van der Waals surface area (Å²) in [6.45, 7) is 0. The molecule has 2 atom stereocenters. The first kappa shape index (κ1) is 16.1. The molecule has 106 valence electrons. The van der Waals surface area contributed by atoms with E-state index in [9.17, 15) is 18.0 Å². The van der Waals surface area contributed by atoms with Gasteiger partial charge in [0.05, 0.1) is 11.3 Å². The van der Waals surface area contributed by atoms with Crippen LogP contribution in [0.15, 0.2) is 23.1 Å². The number of carbonyl (C=O) groups excluding carboxylic acids is 1. The van der Waals surface area contributed by atoms with Crippen LogP contribution < -0.4 is 10.5 Å². The molecule has 0 aromatic carbocycles. The molecule has 0 fully saturated rings. The second-order valence-electron chi connectivity index (χ2n) is 3.90. The van der Waals surface area contributed by atoms with Gasteiger partial charge in [0.2, 0.25) is 15.9 Å². The Balaban J connectivity index is 2.86. The van der Waals surface area contributed by atoms with Crippen LogP contribution in [-0.2, 0) is 19.6 Å². The SMILES string of the molecule is NC(=O)C[C@@H](NS(=O)(=O)C1=CCC(I)C=C1)C(=O)O. The summed E-state index contributed by atoms with van der Waals surface area (Å²) in [6.07, 6.45) is 4.56. The van der Waals surface area contributed by atoms with Gasteiger partial charge < -0.3 is 10.8 Å². The van der Waals surface area contributed by atoms with Gasteiger partial charge in [-0.25, -0.2) is 8.42 Å². The van der Waals surface area contributed by atoms with Crippen molar-refractivity contribution in [1.82, 2.24) is 4.72 Å². The van der Waals surface area contributed by atoms with E-state index in [0.717, 1.165) is 0 Å². The number of sulfonamides is 1. The van der Waals surface area contributed by atoms with Crippen LogP contribution in [0.1, 0.15) is 12.8 Å². The summed E-state index contributed by atoms with van der Waals surface area (Å²) < 4.78 is 26.0. The number of amides is 1. The molecule has 0 aromatic rings. The number of carboxylic acid groups (broad SMARTS) is 1. The Bertz CT molecular complexity index is 540. The van der Waals surface area contributed by atoms with E-state index < -0.39 is 34.4 Å². The van der Waals surface area contributed by atoms with E-state index in [0.29, 0.717) is 6.42 Å². The molecular formula is C10H13IN2O5S. The number of alkyl halides is 1. The molecular weight excluding hydrogens is 387 g/mol. The van der Waals surface area contributed by atoms with Crippen LogP contribution in [0.4, 0.5) is 0 Å². The van der Waals surface area contributed by atoms with Gasteiger partial charge in [-0.2, -0.15) is 4.72 Å². The van der Waals surface area contributed by atoms with Crippen molar-refractivity contribution in [2.75, 3.05) is 0 Å². The van der Waals surface area contributed by atoms with Crippen LogP contribution in [0.2, 0.25) is 0 Å². The fourth-order valence-electron chi connectivity index (χ4n) is 1.41. The molecule has 1 rings (SSSR count). The van der Waals surface area contributed by atoms with Crippen molar-refractivity contribution in [2.45, 2.75) is 22.8 Å². The van der Waals surface area contributed by atoms with Gasteiger partial charge >= 0.3 is 5.97 Å². The maximum Gasteiger partial charge on any atom is 0.322 e. The smallest absolute Gasteiger partial charge is 0.322 e. The van der Waals surface area contributed by atoms with Gasteiger partial charge in [-0.15, -0.1) is 0 Å². The minimum absolute atomic E-state index is 0.00358. The average Bonchev–Trinajstić information content (AvgIpc) is 2.27. The zero-order chi connectivity index (χ0) is 14.6. The number of halogens is 1. The highest BCUT2D eigenvalue weighted by molar-refractivity contribution is 14.1. The molecule has 4 N–H and O–H groups in total. The lowest BCUT2D eigenvalue weighted by Gasteiger charge is -2.16. The lowest BCUT2D eigenvalue weighted by Crippen LogP contribution is -2.43. The number of hydrogen-bond acceptors (Lipinski definition) is 4. The number of rotatable bonds is 6. The Kier molecular flexibility index (Phi) is 5.50. The Hall–Kier alpha value is -0.940. The summed E-state index contributed by atoms with van der Waals surface area (Å²) in [5, 5.41) is 8.85. The van der Waals surface area contributed by atoms with Crippen LogP contribution >= 0.6 is 22.6 Å². The van der Waals surface area contributed by atoms with Crippen molar-refractivity contribution < 1.29 is 23.1 Å².